The van der Waals surface area contributed by atoms with Crippen molar-refractivity contribution in [2.75, 3.05) is 7.05 Å². The van der Waals surface area contributed by atoms with Crippen LogP contribution in [0.1, 0.15) is 27.0 Å². The summed E-state index contributed by atoms with van der Waals surface area (Å²) in [6.07, 6.45) is 0.978. The predicted octanol–water partition coefficient (Wildman–Crippen LogP) is 4.35. The predicted molar refractivity (Wildman–Crippen MR) is 83.6 cm³/mol. The van der Waals surface area contributed by atoms with Crippen LogP contribution >= 0.6 is 27.3 Å². The lowest BCUT2D eigenvalue weighted by molar-refractivity contribution is 0.0789. The standard InChI is InChI=1S/C15H16BrNOS/c1-3-12-8-9-14(19-12)15(18)17(2)10-11-6-4-5-7-13(11)16/h4-9H,3,10H2,1-2H3. The molecule has 1 aromatic carbocycles. The summed E-state index contributed by atoms with van der Waals surface area (Å²) >= 11 is 5.09. The fourth-order valence-electron chi connectivity index (χ4n) is 1.82. The first-order valence-electron chi connectivity index (χ1n) is 6.19. The second-order valence-electron chi connectivity index (χ2n) is 4.37. The largest absolute Gasteiger partial charge is 0.337 e. The lowest BCUT2D eigenvalue weighted by Gasteiger charge is -2.17. The molecule has 0 saturated heterocycles. The Labute approximate surface area is 126 Å². The third-order valence-corrected chi connectivity index (χ3v) is 4.92. The van der Waals surface area contributed by atoms with Crippen molar-refractivity contribution in [1.29, 1.82) is 0 Å². The van der Waals surface area contributed by atoms with Crippen LogP contribution in [-0.2, 0) is 13.0 Å². The Morgan fingerprint density at radius 3 is 2.63 bits per heavy atom. The average molecular weight is 338 g/mol. The number of nitrogens with zero attached hydrogens (tertiary/aromatic N) is 1. The molecule has 1 aromatic heterocycles. The topological polar surface area (TPSA) is 20.3 Å². The molecular weight excluding hydrogens is 322 g/mol. The molecule has 19 heavy (non-hydrogen) atoms. The van der Waals surface area contributed by atoms with E-state index in [4.69, 9.17) is 0 Å². The second-order valence-corrected chi connectivity index (χ2v) is 6.39. The van der Waals surface area contributed by atoms with E-state index in [1.807, 2.05) is 43.4 Å². The number of benzene rings is 1. The highest BCUT2D eigenvalue weighted by Gasteiger charge is 2.15. The van der Waals surface area contributed by atoms with Gasteiger partial charge >= 0.3 is 0 Å². The molecule has 100 valence electrons. The van der Waals surface area contributed by atoms with Gasteiger partial charge in [0, 0.05) is 22.9 Å². The number of amides is 1. The molecule has 0 aliphatic carbocycles. The summed E-state index contributed by atoms with van der Waals surface area (Å²) in [4.78, 5) is 16.1. The third kappa shape index (κ3) is 3.45. The molecule has 0 atom stereocenters. The molecule has 0 radical (unpaired) electrons. The van der Waals surface area contributed by atoms with Crippen LogP contribution < -0.4 is 0 Å². The molecule has 0 unspecified atom stereocenters. The normalized spacial score (nSPS) is 10.5. The molecule has 0 bridgehead atoms. The third-order valence-electron chi connectivity index (χ3n) is 2.93. The van der Waals surface area contributed by atoms with Gasteiger partial charge in [-0.05, 0) is 30.2 Å². The van der Waals surface area contributed by atoms with Crippen molar-refractivity contribution in [1.82, 2.24) is 4.90 Å². The number of carbonyl (C=O) groups is 1. The number of carbonyl (C=O) groups excluding carboxylic acids is 1. The van der Waals surface area contributed by atoms with Gasteiger partial charge in [-0.15, -0.1) is 11.3 Å². The maximum absolute atomic E-state index is 12.3. The first-order valence-corrected chi connectivity index (χ1v) is 7.80. The molecule has 2 aromatic rings. The summed E-state index contributed by atoms with van der Waals surface area (Å²) in [5.74, 6) is 0.0838. The molecule has 1 amide bonds. The zero-order valence-corrected chi connectivity index (χ0v) is 13.4. The molecule has 2 rings (SSSR count). The Morgan fingerprint density at radius 2 is 2.00 bits per heavy atom. The van der Waals surface area contributed by atoms with Crippen LogP contribution in [0.3, 0.4) is 0 Å². The molecule has 0 fully saturated rings. The maximum atomic E-state index is 12.3. The lowest BCUT2D eigenvalue weighted by Crippen LogP contribution is -2.25. The van der Waals surface area contributed by atoms with Crippen LogP contribution in [-0.4, -0.2) is 17.9 Å². The van der Waals surface area contributed by atoms with Crippen LogP contribution in [0.25, 0.3) is 0 Å². The van der Waals surface area contributed by atoms with E-state index in [0.29, 0.717) is 6.54 Å². The Balaban J connectivity index is 2.09. The van der Waals surface area contributed by atoms with E-state index in [0.717, 1.165) is 21.3 Å². The minimum absolute atomic E-state index is 0.0838. The van der Waals surface area contributed by atoms with Gasteiger partial charge in [-0.3, -0.25) is 4.79 Å². The molecule has 4 heteroatoms. The summed E-state index contributed by atoms with van der Waals surface area (Å²) in [5.41, 5.74) is 1.12. The summed E-state index contributed by atoms with van der Waals surface area (Å²) in [6.45, 7) is 2.71. The molecule has 0 spiro atoms. The van der Waals surface area contributed by atoms with E-state index in [1.165, 1.54) is 4.88 Å². The van der Waals surface area contributed by atoms with Crippen LogP contribution in [0, 0.1) is 0 Å². The highest BCUT2D eigenvalue weighted by Crippen LogP contribution is 2.21. The fourth-order valence-corrected chi connectivity index (χ4v) is 3.18. The van der Waals surface area contributed by atoms with Crippen LogP contribution in [0.4, 0.5) is 0 Å². The molecule has 0 saturated carbocycles. The fraction of sp³-hybridized carbons (Fsp3) is 0.267. The summed E-state index contributed by atoms with van der Waals surface area (Å²) in [7, 11) is 1.84. The van der Waals surface area contributed by atoms with Gasteiger partial charge in [0.1, 0.15) is 0 Å². The van der Waals surface area contributed by atoms with Crippen molar-refractivity contribution < 1.29 is 4.79 Å². The van der Waals surface area contributed by atoms with Crippen LogP contribution in [0.15, 0.2) is 40.9 Å². The van der Waals surface area contributed by atoms with E-state index < -0.39 is 0 Å². The molecule has 0 N–H and O–H groups in total. The lowest BCUT2D eigenvalue weighted by atomic mass is 10.2. The van der Waals surface area contributed by atoms with Gasteiger partial charge in [0.15, 0.2) is 0 Å². The highest BCUT2D eigenvalue weighted by atomic mass is 79.9. The van der Waals surface area contributed by atoms with Crippen molar-refractivity contribution in [2.45, 2.75) is 19.9 Å². The Hall–Kier alpha value is -1.13. The quantitative estimate of drug-likeness (QED) is 0.812. The van der Waals surface area contributed by atoms with E-state index in [2.05, 4.69) is 22.9 Å². The molecule has 2 nitrogen and oxygen atoms in total. The minimum atomic E-state index is 0.0838. The van der Waals surface area contributed by atoms with E-state index >= 15 is 0 Å². The number of hydrogen-bond donors (Lipinski definition) is 0. The molecule has 0 aliphatic rings. The van der Waals surface area contributed by atoms with Crippen LogP contribution in [0.5, 0.6) is 0 Å². The number of rotatable bonds is 4. The number of hydrogen-bond acceptors (Lipinski definition) is 2. The average Bonchev–Trinajstić information content (AvgIpc) is 2.89. The van der Waals surface area contributed by atoms with Gasteiger partial charge in [0.25, 0.3) is 5.91 Å². The van der Waals surface area contributed by atoms with E-state index in [1.54, 1.807) is 16.2 Å². The second kappa shape index (κ2) is 6.35. The van der Waals surface area contributed by atoms with Crippen LogP contribution in [0.2, 0.25) is 0 Å². The van der Waals surface area contributed by atoms with Gasteiger partial charge in [-0.2, -0.15) is 0 Å². The van der Waals surface area contributed by atoms with Gasteiger partial charge in [-0.25, -0.2) is 0 Å². The Morgan fingerprint density at radius 1 is 1.26 bits per heavy atom. The van der Waals surface area contributed by atoms with Gasteiger partial charge in [0.05, 0.1) is 4.88 Å². The van der Waals surface area contributed by atoms with E-state index in [9.17, 15) is 4.79 Å². The zero-order valence-electron chi connectivity index (χ0n) is 11.0. The number of thiophene rings is 1. The Bertz CT molecular complexity index is 579. The monoisotopic (exact) mass is 337 g/mol. The first kappa shape index (κ1) is 14.3. The van der Waals surface area contributed by atoms with Crippen molar-refractivity contribution >= 4 is 33.2 Å². The van der Waals surface area contributed by atoms with Crippen molar-refractivity contribution in [2.24, 2.45) is 0 Å². The minimum Gasteiger partial charge on any atom is -0.337 e. The number of halogens is 1. The van der Waals surface area contributed by atoms with Gasteiger partial charge < -0.3 is 4.90 Å². The zero-order chi connectivity index (χ0) is 13.8. The smallest absolute Gasteiger partial charge is 0.263 e. The SMILES string of the molecule is CCc1ccc(C(=O)N(C)Cc2ccccc2Br)s1. The summed E-state index contributed by atoms with van der Waals surface area (Å²) in [5, 5.41) is 0. The van der Waals surface area contributed by atoms with E-state index in [-0.39, 0.29) is 5.91 Å². The molecule has 1 heterocycles. The van der Waals surface area contributed by atoms with Crippen molar-refractivity contribution in [3.63, 3.8) is 0 Å². The molecular formula is C15H16BrNOS. The van der Waals surface area contributed by atoms with Crippen molar-refractivity contribution in [3.8, 4) is 0 Å². The number of aryl methyl sites for hydroxylation is 1. The van der Waals surface area contributed by atoms with Gasteiger partial charge in [0.2, 0.25) is 0 Å². The highest BCUT2D eigenvalue weighted by molar-refractivity contribution is 9.10. The maximum Gasteiger partial charge on any atom is 0.263 e. The Kier molecular flexibility index (Phi) is 4.77. The van der Waals surface area contributed by atoms with Crippen molar-refractivity contribution in [3.05, 3.63) is 56.2 Å². The summed E-state index contributed by atoms with van der Waals surface area (Å²) < 4.78 is 1.04. The van der Waals surface area contributed by atoms with Gasteiger partial charge in [-0.1, -0.05) is 41.1 Å². The first-order chi connectivity index (χ1) is 9.11. The molecule has 0 aliphatic heterocycles. The summed E-state index contributed by atoms with van der Waals surface area (Å²) in [6, 6.07) is 11.9.